The molecular weight excluding hydrogens is 419 g/mol. The van der Waals surface area contributed by atoms with Crippen molar-refractivity contribution >= 4 is 29.9 Å². The minimum atomic E-state index is 0. The average molecular weight is 444 g/mol. The van der Waals surface area contributed by atoms with Crippen molar-refractivity contribution in [1.82, 2.24) is 25.8 Å². The predicted octanol–water partition coefficient (Wildman–Crippen LogP) is 2.72. The Morgan fingerprint density at radius 2 is 2.21 bits per heavy atom. The van der Waals surface area contributed by atoms with E-state index >= 15 is 0 Å². The summed E-state index contributed by atoms with van der Waals surface area (Å²) in [4.78, 5) is 8.72. The van der Waals surface area contributed by atoms with Gasteiger partial charge < -0.3 is 15.1 Å². The maximum absolute atomic E-state index is 5.29. The van der Waals surface area contributed by atoms with Crippen LogP contribution in [0, 0.1) is 0 Å². The van der Waals surface area contributed by atoms with Crippen molar-refractivity contribution in [3.05, 3.63) is 24.2 Å². The molecule has 7 nitrogen and oxygen atoms in total. The molecule has 2 heterocycles. The van der Waals surface area contributed by atoms with Gasteiger partial charge in [-0.25, -0.2) is 4.98 Å². The summed E-state index contributed by atoms with van der Waals surface area (Å²) < 4.78 is 5.29. The molecule has 1 fully saturated rings. The van der Waals surface area contributed by atoms with E-state index in [1.54, 1.807) is 6.26 Å². The number of halogens is 1. The first-order chi connectivity index (χ1) is 11.3. The number of rotatable bonds is 5. The highest BCUT2D eigenvalue weighted by atomic mass is 127. The number of nitrogens with one attached hydrogen (secondary N) is 3. The first kappa shape index (κ1) is 18.8. The first-order valence-corrected chi connectivity index (χ1v) is 8.27. The van der Waals surface area contributed by atoms with Gasteiger partial charge in [-0.15, -0.1) is 24.0 Å². The molecule has 132 valence electrons. The second kappa shape index (κ2) is 9.65. The average Bonchev–Trinajstić information content (AvgIpc) is 3.26. The Hall–Kier alpha value is -1.58. The molecule has 0 saturated heterocycles. The molecule has 8 heteroatoms. The minimum absolute atomic E-state index is 0. The highest BCUT2D eigenvalue weighted by Crippen LogP contribution is 2.17. The summed E-state index contributed by atoms with van der Waals surface area (Å²) in [6, 6.07) is 4.22. The van der Waals surface area contributed by atoms with Crippen LogP contribution in [0.5, 0.6) is 0 Å². The van der Waals surface area contributed by atoms with Gasteiger partial charge in [0.25, 0.3) is 0 Å². The lowest BCUT2D eigenvalue weighted by Crippen LogP contribution is -2.44. The zero-order valence-electron chi connectivity index (χ0n) is 13.9. The van der Waals surface area contributed by atoms with Gasteiger partial charge in [-0.2, -0.15) is 5.10 Å². The molecule has 1 aliphatic rings. The molecule has 24 heavy (non-hydrogen) atoms. The molecular formula is C16H25IN6O. The maximum Gasteiger partial charge on any atom is 0.216 e. The molecule has 0 unspecified atom stereocenters. The number of aromatic amines is 1. The number of aliphatic imine (C=N–C) groups is 1. The van der Waals surface area contributed by atoms with Gasteiger partial charge in [-0.05, 0) is 25.0 Å². The number of H-pyrrole nitrogens is 1. The van der Waals surface area contributed by atoms with Crippen LogP contribution in [0.3, 0.4) is 0 Å². The van der Waals surface area contributed by atoms with E-state index in [1.165, 1.54) is 32.1 Å². The number of aromatic nitrogens is 3. The SMILES string of the molecule is CN=C(NCCc1nc(-c2ccco2)n[nH]1)NC1CCCCC1.I. The van der Waals surface area contributed by atoms with Crippen LogP contribution < -0.4 is 10.6 Å². The quantitative estimate of drug-likeness (QED) is 0.375. The van der Waals surface area contributed by atoms with E-state index in [-0.39, 0.29) is 24.0 Å². The van der Waals surface area contributed by atoms with Crippen LogP contribution in [-0.2, 0) is 6.42 Å². The van der Waals surface area contributed by atoms with Crippen LogP contribution in [-0.4, -0.2) is 40.8 Å². The largest absolute Gasteiger partial charge is 0.461 e. The number of hydrogen-bond donors (Lipinski definition) is 3. The zero-order chi connectivity index (χ0) is 15.9. The van der Waals surface area contributed by atoms with Gasteiger partial charge in [0.1, 0.15) is 5.82 Å². The highest BCUT2D eigenvalue weighted by Gasteiger charge is 2.14. The predicted molar refractivity (Wildman–Crippen MR) is 105 cm³/mol. The maximum atomic E-state index is 5.29. The summed E-state index contributed by atoms with van der Waals surface area (Å²) in [7, 11) is 1.81. The molecule has 2 aromatic rings. The molecule has 2 aromatic heterocycles. The molecule has 0 amide bonds. The Labute approximate surface area is 159 Å². The van der Waals surface area contributed by atoms with Gasteiger partial charge in [-0.1, -0.05) is 19.3 Å². The van der Waals surface area contributed by atoms with E-state index in [0.29, 0.717) is 17.6 Å². The van der Waals surface area contributed by atoms with Crippen LogP contribution in [0.25, 0.3) is 11.6 Å². The van der Waals surface area contributed by atoms with Crippen molar-refractivity contribution in [3.63, 3.8) is 0 Å². The van der Waals surface area contributed by atoms with Crippen molar-refractivity contribution in [1.29, 1.82) is 0 Å². The first-order valence-electron chi connectivity index (χ1n) is 8.27. The van der Waals surface area contributed by atoms with E-state index in [4.69, 9.17) is 4.42 Å². The molecule has 3 N–H and O–H groups in total. The minimum Gasteiger partial charge on any atom is -0.461 e. The second-order valence-electron chi connectivity index (χ2n) is 5.81. The summed E-state index contributed by atoms with van der Waals surface area (Å²) >= 11 is 0. The third-order valence-corrected chi connectivity index (χ3v) is 4.10. The Kier molecular flexibility index (Phi) is 7.54. The molecule has 0 radical (unpaired) electrons. The van der Waals surface area contributed by atoms with E-state index in [2.05, 4.69) is 30.8 Å². The van der Waals surface area contributed by atoms with Crippen LogP contribution in [0.2, 0.25) is 0 Å². The van der Waals surface area contributed by atoms with Gasteiger partial charge in [-0.3, -0.25) is 10.1 Å². The lowest BCUT2D eigenvalue weighted by molar-refractivity contribution is 0.410. The summed E-state index contributed by atoms with van der Waals surface area (Å²) in [5, 5.41) is 13.9. The molecule has 0 spiro atoms. The third kappa shape index (κ3) is 5.22. The molecule has 3 rings (SSSR count). The lowest BCUT2D eigenvalue weighted by Gasteiger charge is -2.24. The van der Waals surface area contributed by atoms with E-state index < -0.39 is 0 Å². The zero-order valence-corrected chi connectivity index (χ0v) is 16.2. The molecule has 0 bridgehead atoms. The second-order valence-corrected chi connectivity index (χ2v) is 5.81. The van der Waals surface area contributed by atoms with Gasteiger partial charge in [0.15, 0.2) is 11.7 Å². The van der Waals surface area contributed by atoms with Crippen LogP contribution in [0.15, 0.2) is 27.8 Å². The number of furan rings is 1. The van der Waals surface area contributed by atoms with Crippen molar-refractivity contribution in [2.45, 2.75) is 44.6 Å². The lowest BCUT2D eigenvalue weighted by atomic mass is 9.96. The van der Waals surface area contributed by atoms with Gasteiger partial charge in [0, 0.05) is 26.1 Å². The molecule has 0 aliphatic heterocycles. The monoisotopic (exact) mass is 444 g/mol. The van der Waals surface area contributed by atoms with E-state index in [9.17, 15) is 0 Å². The van der Waals surface area contributed by atoms with Crippen LogP contribution >= 0.6 is 24.0 Å². The normalized spacial score (nSPS) is 15.8. The van der Waals surface area contributed by atoms with Gasteiger partial charge >= 0.3 is 0 Å². The standard InChI is InChI=1S/C16H24N6O.HI/c1-17-16(19-12-6-3-2-4-7-12)18-10-9-14-20-15(22-21-14)13-8-5-11-23-13;/h5,8,11-12H,2-4,6-7,9-10H2,1H3,(H2,17,18,19)(H,20,21,22);1H. The summed E-state index contributed by atoms with van der Waals surface area (Å²) in [5.74, 6) is 2.96. The van der Waals surface area contributed by atoms with Crippen molar-refractivity contribution in [2.75, 3.05) is 13.6 Å². The summed E-state index contributed by atoms with van der Waals surface area (Å²) in [6.07, 6.45) is 8.80. The number of hydrogen-bond acceptors (Lipinski definition) is 4. The van der Waals surface area contributed by atoms with Crippen LogP contribution in [0.4, 0.5) is 0 Å². The fraction of sp³-hybridized carbons (Fsp3) is 0.562. The highest BCUT2D eigenvalue weighted by molar-refractivity contribution is 14.0. The Morgan fingerprint density at radius 3 is 2.92 bits per heavy atom. The molecule has 0 aromatic carbocycles. The van der Waals surface area contributed by atoms with Crippen molar-refractivity contribution < 1.29 is 4.42 Å². The molecule has 0 atom stereocenters. The van der Waals surface area contributed by atoms with Crippen molar-refractivity contribution in [2.24, 2.45) is 4.99 Å². The number of nitrogens with zero attached hydrogens (tertiary/aromatic N) is 3. The molecule has 1 saturated carbocycles. The Bertz CT molecular complexity index is 618. The van der Waals surface area contributed by atoms with Gasteiger partial charge in [0.05, 0.1) is 6.26 Å². The van der Waals surface area contributed by atoms with E-state index in [0.717, 1.165) is 24.7 Å². The third-order valence-electron chi connectivity index (χ3n) is 4.10. The summed E-state index contributed by atoms with van der Waals surface area (Å²) in [5.41, 5.74) is 0. The fourth-order valence-corrected chi connectivity index (χ4v) is 2.86. The van der Waals surface area contributed by atoms with E-state index in [1.807, 2.05) is 19.2 Å². The number of guanidine groups is 1. The Morgan fingerprint density at radius 1 is 1.38 bits per heavy atom. The van der Waals surface area contributed by atoms with Crippen LogP contribution in [0.1, 0.15) is 37.9 Å². The Balaban J connectivity index is 0.00000208. The fourth-order valence-electron chi connectivity index (χ4n) is 2.86. The topological polar surface area (TPSA) is 91.1 Å². The summed E-state index contributed by atoms with van der Waals surface area (Å²) in [6.45, 7) is 0.749. The smallest absolute Gasteiger partial charge is 0.216 e. The molecule has 1 aliphatic carbocycles. The van der Waals surface area contributed by atoms with Crippen molar-refractivity contribution in [3.8, 4) is 11.6 Å². The van der Waals surface area contributed by atoms with Gasteiger partial charge in [0.2, 0.25) is 5.82 Å².